The Balaban J connectivity index is 0. The maximum Gasteiger partial charge on any atom is 0.175 e. The Labute approximate surface area is 148 Å². The number of nitrogens with two attached hydrogens (primary N) is 1. The summed E-state index contributed by atoms with van der Waals surface area (Å²) in [5, 5.41) is 0. The lowest BCUT2D eigenvalue weighted by molar-refractivity contribution is 0.213. The quantitative estimate of drug-likeness (QED) is 0.666. The maximum absolute atomic E-state index is 5.84. The number of benzene rings is 1. The molecule has 0 spiro atoms. The molecule has 7 heteroatoms. The largest absolute Gasteiger partial charge is 0.490 e. The van der Waals surface area contributed by atoms with Crippen molar-refractivity contribution in [3.05, 3.63) is 16.6 Å². The molecule has 0 aromatic heterocycles. The zero-order valence-electron chi connectivity index (χ0n) is 12.7. The summed E-state index contributed by atoms with van der Waals surface area (Å²) in [4.78, 5) is 2.31. The third kappa shape index (κ3) is 7.45. The predicted molar refractivity (Wildman–Crippen MR) is 97.5 cm³/mol. The van der Waals surface area contributed by atoms with E-state index in [-0.39, 0.29) is 24.8 Å². The van der Waals surface area contributed by atoms with Gasteiger partial charge >= 0.3 is 0 Å². The van der Waals surface area contributed by atoms with E-state index in [2.05, 4.69) is 34.7 Å². The van der Waals surface area contributed by atoms with E-state index in [9.17, 15) is 0 Å². The van der Waals surface area contributed by atoms with Crippen LogP contribution in [0.4, 0.5) is 5.69 Å². The molecule has 0 fully saturated rings. The van der Waals surface area contributed by atoms with Gasteiger partial charge in [0.2, 0.25) is 0 Å². The molecule has 0 unspecified atom stereocenters. The lowest BCUT2D eigenvalue weighted by atomic mass is 10.3. The highest BCUT2D eigenvalue weighted by Crippen LogP contribution is 2.37. The maximum atomic E-state index is 5.84. The Morgan fingerprint density at radius 1 is 1.10 bits per heavy atom. The Morgan fingerprint density at radius 2 is 1.71 bits per heavy atom. The molecule has 4 nitrogen and oxygen atoms in total. The molecule has 124 valence electrons. The van der Waals surface area contributed by atoms with Crippen molar-refractivity contribution in [2.45, 2.75) is 20.8 Å². The van der Waals surface area contributed by atoms with E-state index >= 15 is 0 Å². The van der Waals surface area contributed by atoms with Crippen LogP contribution in [-0.2, 0) is 0 Å². The van der Waals surface area contributed by atoms with E-state index < -0.39 is 0 Å². The Morgan fingerprint density at radius 3 is 2.24 bits per heavy atom. The van der Waals surface area contributed by atoms with Gasteiger partial charge < -0.3 is 20.1 Å². The van der Waals surface area contributed by atoms with Crippen LogP contribution >= 0.6 is 40.7 Å². The van der Waals surface area contributed by atoms with Gasteiger partial charge in [0, 0.05) is 18.3 Å². The molecule has 0 radical (unpaired) electrons. The number of likely N-dealkylation sites (N-methyl/N-ethyl adjacent to an activating group) is 1. The second-order valence-corrected chi connectivity index (χ2v) is 4.99. The molecule has 0 aliphatic carbocycles. The molecular weight excluding hydrogens is 379 g/mol. The topological polar surface area (TPSA) is 47.7 Å². The van der Waals surface area contributed by atoms with E-state index in [1.54, 1.807) is 6.07 Å². The van der Waals surface area contributed by atoms with Gasteiger partial charge in [-0.05, 0) is 42.0 Å². The minimum Gasteiger partial charge on any atom is -0.490 e. The Hall–Kier alpha value is -0.360. The second kappa shape index (κ2) is 12.2. The number of anilines is 1. The molecule has 0 bridgehead atoms. The molecule has 0 saturated carbocycles. The number of nitrogens with zero attached hydrogens (tertiary/aromatic N) is 1. The van der Waals surface area contributed by atoms with E-state index in [1.807, 2.05) is 13.0 Å². The fourth-order valence-electron chi connectivity index (χ4n) is 1.81. The fourth-order valence-corrected chi connectivity index (χ4v) is 2.38. The van der Waals surface area contributed by atoms with Crippen LogP contribution in [0.15, 0.2) is 16.6 Å². The van der Waals surface area contributed by atoms with Gasteiger partial charge in [-0.15, -0.1) is 24.8 Å². The molecule has 2 N–H and O–H groups in total. The third-order valence-corrected chi connectivity index (χ3v) is 3.47. The van der Waals surface area contributed by atoms with Crippen molar-refractivity contribution in [1.82, 2.24) is 4.90 Å². The predicted octanol–water partition coefficient (Wildman–Crippen LogP) is 3.99. The van der Waals surface area contributed by atoms with Crippen LogP contribution in [0.2, 0.25) is 0 Å². The highest BCUT2D eigenvalue weighted by Gasteiger charge is 2.11. The summed E-state index contributed by atoms with van der Waals surface area (Å²) in [5.41, 5.74) is 6.46. The summed E-state index contributed by atoms with van der Waals surface area (Å²) in [6.07, 6.45) is 0. The van der Waals surface area contributed by atoms with Crippen molar-refractivity contribution in [3.8, 4) is 11.5 Å². The van der Waals surface area contributed by atoms with Crippen molar-refractivity contribution in [1.29, 1.82) is 0 Å². The highest BCUT2D eigenvalue weighted by molar-refractivity contribution is 9.10. The first-order valence-electron chi connectivity index (χ1n) is 6.69. The number of rotatable bonds is 8. The van der Waals surface area contributed by atoms with Gasteiger partial charge in [0.25, 0.3) is 0 Å². The minimum absolute atomic E-state index is 0. The number of hydrogen-bond acceptors (Lipinski definition) is 4. The van der Waals surface area contributed by atoms with Crippen LogP contribution in [0, 0.1) is 0 Å². The molecule has 1 aromatic carbocycles. The summed E-state index contributed by atoms with van der Waals surface area (Å²) in [6.45, 7) is 10.4. The summed E-state index contributed by atoms with van der Waals surface area (Å²) < 4.78 is 12.2. The molecule has 0 saturated heterocycles. The highest BCUT2D eigenvalue weighted by atomic mass is 79.9. The standard InChI is InChI=1S/C14H23BrN2O2.2ClH/c1-4-17(5-2)7-8-19-14-12(15)9-11(16)10-13(14)18-6-3;;/h9-10H,4-8,16H2,1-3H3;2*1H. The number of hydrogen-bond donors (Lipinski definition) is 1. The molecule has 0 amide bonds. The van der Waals surface area contributed by atoms with Crippen LogP contribution in [0.25, 0.3) is 0 Å². The van der Waals surface area contributed by atoms with E-state index in [1.165, 1.54) is 0 Å². The van der Waals surface area contributed by atoms with Gasteiger partial charge in [-0.1, -0.05) is 13.8 Å². The zero-order valence-corrected chi connectivity index (χ0v) is 15.9. The first-order valence-corrected chi connectivity index (χ1v) is 7.48. The lowest BCUT2D eigenvalue weighted by Crippen LogP contribution is -2.28. The summed E-state index contributed by atoms with van der Waals surface area (Å²) in [5.74, 6) is 1.41. The lowest BCUT2D eigenvalue weighted by Gasteiger charge is -2.19. The molecule has 0 aliphatic rings. The van der Waals surface area contributed by atoms with Crippen molar-refractivity contribution >= 4 is 46.4 Å². The number of halogens is 3. The van der Waals surface area contributed by atoms with Crippen LogP contribution in [0.5, 0.6) is 11.5 Å². The summed E-state index contributed by atoms with van der Waals surface area (Å²) in [6, 6.07) is 3.62. The van der Waals surface area contributed by atoms with E-state index in [0.717, 1.165) is 29.9 Å². The average molecular weight is 404 g/mol. The smallest absolute Gasteiger partial charge is 0.175 e. The van der Waals surface area contributed by atoms with Gasteiger partial charge in [-0.3, -0.25) is 0 Å². The summed E-state index contributed by atoms with van der Waals surface area (Å²) in [7, 11) is 0. The monoisotopic (exact) mass is 402 g/mol. The molecule has 0 atom stereocenters. The summed E-state index contributed by atoms with van der Waals surface area (Å²) >= 11 is 3.47. The fraction of sp³-hybridized carbons (Fsp3) is 0.571. The second-order valence-electron chi connectivity index (χ2n) is 4.14. The third-order valence-electron chi connectivity index (χ3n) is 2.88. The van der Waals surface area contributed by atoms with Crippen molar-refractivity contribution in [2.75, 3.05) is 38.6 Å². The average Bonchev–Trinajstić information content (AvgIpc) is 2.37. The minimum atomic E-state index is 0. The molecule has 0 aliphatic heterocycles. The SMILES string of the molecule is CCOc1cc(N)cc(Br)c1OCCN(CC)CC.Cl.Cl. The Kier molecular flexibility index (Phi) is 13.3. The molecular formula is C14H25BrCl2N2O2. The zero-order chi connectivity index (χ0) is 14.3. The van der Waals surface area contributed by atoms with Crippen LogP contribution in [0.1, 0.15) is 20.8 Å². The van der Waals surface area contributed by atoms with Gasteiger partial charge in [-0.25, -0.2) is 0 Å². The number of nitrogen functional groups attached to an aromatic ring is 1. The molecule has 1 rings (SSSR count). The van der Waals surface area contributed by atoms with Gasteiger partial charge in [0.05, 0.1) is 11.1 Å². The van der Waals surface area contributed by atoms with Crippen LogP contribution in [-0.4, -0.2) is 37.7 Å². The first kappa shape index (κ1) is 22.9. The molecule has 21 heavy (non-hydrogen) atoms. The van der Waals surface area contributed by atoms with E-state index in [0.29, 0.717) is 24.7 Å². The van der Waals surface area contributed by atoms with E-state index in [4.69, 9.17) is 15.2 Å². The van der Waals surface area contributed by atoms with Crippen molar-refractivity contribution < 1.29 is 9.47 Å². The number of ether oxygens (including phenoxy) is 2. The first-order chi connectivity index (χ1) is 9.12. The Bertz CT molecular complexity index is 405. The normalized spacial score (nSPS) is 9.76. The van der Waals surface area contributed by atoms with Gasteiger partial charge in [-0.2, -0.15) is 0 Å². The van der Waals surface area contributed by atoms with Crippen molar-refractivity contribution in [3.63, 3.8) is 0 Å². The van der Waals surface area contributed by atoms with Crippen LogP contribution in [0.3, 0.4) is 0 Å². The molecule has 0 heterocycles. The van der Waals surface area contributed by atoms with Gasteiger partial charge in [0.15, 0.2) is 11.5 Å². The van der Waals surface area contributed by atoms with Gasteiger partial charge in [0.1, 0.15) is 6.61 Å². The van der Waals surface area contributed by atoms with Crippen LogP contribution < -0.4 is 15.2 Å². The van der Waals surface area contributed by atoms with Crippen molar-refractivity contribution in [2.24, 2.45) is 0 Å². The molecule has 1 aromatic rings.